The van der Waals surface area contributed by atoms with Crippen molar-refractivity contribution in [2.75, 3.05) is 7.11 Å². The molecule has 1 aromatic carbocycles. The summed E-state index contributed by atoms with van der Waals surface area (Å²) in [6.45, 7) is 11.0. The number of aromatic nitrogens is 1. The molecule has 4 nitrogen and oxygen atoms in total. The van der Waals surface area contributed by atoms with Crippen molar-refractivity contribution in [1.29, 1.82) is 0 Å². The summed E-state index contributed by atoms with van der Waals surface area (Å²) in [5, 5.41) is 0. The molecular weight excluding hydrogens is 568 g/mol. The predicted molar refractivity (Wildman–Crippen MR) is 109 cm³/mol. The van der Waals surface area contributed by atoms with Gasteiger partial charge in [0, 0.05) is 48.8 Å². The molecule has 1 heterocycles. The Morgan fingerprint density at radius 2 is 1.57 bits per heavy atom. The predicted octanol–water partition coefficient (Wildman–Crippen LogP) is 5.44. The quantitative estimate of drug-likeness (QED) is 0.349. The third kappa shape index (κ3) is 8.80. The summed E-state index contributed by atoms with van der Waals surface area (Å²) in [7, 11) is 1.50. The molecule has 7 heteroatoms. The van der Waals surface area contributed by atoms with Gasteiger partial charge in [-0.05, 0) is 17.8 Å². The Bertz CT molecular complexity index is 847. The van der Waals surface area contributed by atoms with Crippen molar-refractivity contribution >= 4 is 11.6 Å². The minimum Gasteiger partial charge on any atom is -0.497 e. The maximum absolute atomic E-state index is 13.4. The third-order valence-electron chi connectivity index (χ3n) is 4.08. The zero-order chi connectivity index (χ0) is 22.4. The van der Waals surface area contributed by atoms with Crippen LogP contribution in [0.15, 0.2) is 30.5 Å². The summed E-state index contributed by atoms with van der Waals surface area (Å²) < 4.78 is 31.1. The first-order valence-corrected chi connectivity index (χ1v) is 9.19. The average molecular weight is 597 g/mol. The van der Waals surface area contributed by atoms with Crippen LogP contribution >= 0.6 is 0 Å². The number of ether oxygens (including phenoxy) is 1. The van der Waals surface area contributed by atoms with Crippen LogP contribution in [0.4, 0.5) is 8.78 Å². The van der Waals surface area contributed by atoms with E-state index in [0.29, 0.717) is 11.4 Å². The first-order valence-electron chi connectivity index (χ1n) is 9.19. The topological polar surface area (TPSA) is 56.3 Å². The minimum absolute atomic E-state index is 0. The number of nitrogens with zero attached hydrogens (tertiary/aromatic N) is 1. The van der Waals surface area contributed by atoms with Crippen LogP contribution in [-0.2, 0) is 29.7 Å². The zero-order valence-electron chi connectivity index (χ0n) is 18.4. The number of pyridine rings is 1. The molecular formula is C23H28F2IrNO3-. The molecule has 0 aliphatic carbocycles. The standard InChI is InChI=1S/C12H8F2NO.C11H20O2.Ir/c1-16-9-4-5-15-12(7-9)10-3-2-8(13)6-11(10)14;1-10(2,3)8(12)7-9(13)11(4,5)6;/h2,4-7H,1H3;7H2,1-6H3;/q-1;;. The molecule has 0 bridgehead atoms. The van der Waals surface area contributed by atoms with Gasteiger partial charge in [0.05, 0.1) is 13.5 Å². The number of methoxy groups -OCH3 is 1. The van der Waals surface area contributed by atoms with Gasteiger partial charge < -0.3 is 9.72 Å². The number of carbonyl (C=O) groups excluding carboxylic acids is 2. The fourth-order valence-electron chi connectivity index (χ4n) is 1.99. The molecule has 0 saturated carbocycles. The summed E-state index contributed by atoms with van der Waals surface area (Å²) in [5.74, 6) is -0.758. The molecule has 0 fully saturated rings. The van der Waals surface area contributed by atoms with E-state index in [2.05, 4.69) is 11.1 Å². The van der Waals surface area contributed by atoms with E-state index >= 15 is 0 Å². The van der Waals surface area contributed by atoms with Gasteiger partial charge in [0.2, 0.25) is 0 Å². The monoisotopic (exact) mass is 597 g/mol. The molecule has 0 amide bonds. The van der Waals surface area contributed by atoms with Crippen molar-refractivity contribution in [3.63, 3.8) is 0 Å². The van der Waals surface area contributed by atoms with E-state index in [0.717, 1.165) is 12.1 Å². The summed E-state index contributed by atoms with van der Waals surface area (Å²) in [4.78, 5) is 27.0. The van der Waals surface area contributed by atoms with Crippen LogP contribution in [0.1, 0.15) is 48.0 Å². The van der Waals surface area contributed by atoms with E-state index in [4.69, 9.17) is 4.74 Å². The van der Waals surface area contributed by atoms with Crippen LogP contribution in [-0.4, -0.2) is 23.7 Å². The Morgan fingerprint density at radius 3 is 2.00 bits per heavy atom. The Balaban J connectivity index is 0.000000557. The Hall–Kier alpha value is -1.98. The van der Waals surface area contributed by atoms with Crippen molar-refractivity contribution in [3.05, 3.63) is 48.2 Å². The van der Waals surface area contributed by atoms with Gasteiger partial charge >= 0.3 is 0 Å². The van der Waals surface area contributed by atoms with Crippen LogP contribution in [0.5, 0.6) is 5.75 Å². The van der Waals surface area contributed by atoms with Crippen LogP contribution in [0.2, 0.25) is 0 Å². The van der Waals surface area contributed by atoms with Gasteiger partial charge in [0.1, 0.15) is 17.3 Å². The van der Waals surface area contributed by atoms with E-state index in [1.54, 1.807) is 12.1 Å². The van der Waals surface area contributed by atoms with Gasteiger partial charge in [-0.1, -0.05) is 53.2 Å². The van der Waals surface area contributed by atoms with Gasteiger partial charge in [0.15, 0.2) is 0 Å². The summed E-state index contributed by atoms with van der Waals surface area (Å²) >= 11 is 0. The Morgan fingerprint density at radius 1 is 1.03 bits per heavy atom. The van der Waals surface area contributed by atoms with Gasteiger partial charge in [-0.15, -0.1) is 12.1 Å². The SMILES string of the molecule is CC(C)(C)C(=O)CC(=O)C(C)(C)C.COc1ccnc(-c2[c-]cc(F)cc2F)c1.[Ir]. The van der Waals surface area contributed by atoms with Crippen molar-refractivity contribution in [1.82, 2.24) is 4.98 Å². The molecule has 2 rings (SSSR count). The van der Waals surface area contributed by atoms with Crippen LogP contribution in [0, 0.1) is 28.5 Å². The molecule has 167 valence electrons. The van der Waals surface area contributed by atoms with E-state index < -0.39 is 22.5 Å². The minimum atomic E-state index is -0.694. The second-order valence-corrected chi connectivity index (χ2v) is 8.64. The van der Waals surface area contributed by atoms with Crippen LogP contribution in [0.3, 0.4) is 0 Å². The smallest absolute Gasteiger partial charge is 0.145 e. The Labute approximate surface area is 190 Å². The maximum Gasteiger partial charge on any atom is 0.145 e. The molecule has 0 unspecified atom stereocenters. The van der Waals surface area contributed by atoms with Crippen molar-refractivity contribution < 1.29 is 43.2 Å². The third-order valence-corrected chi connectivity index (χ3v) is 4.08. The molecule has 0 atom stereocenters. The maximum atomic E-state index is 13.4. The van der Waals surface area contributed by atoms with Crippen LogP contribution < -0.4 is 4.74 Å². The fourth-order valence-corrected chi connectivity index (χ4v) is 1.99. The number of carbonyl (C=O) groups is 2. The van der Waals surface area contributed by atoms with Crippen LogP contribution in [0.25, 0.3) is 11.3 Å². The number of hydrogen-bond donors (Lipinski definition) is 0. The molecule has 0 spiro atoms. The zero-order valence-corrected chi connectivity index (χ0v) is 20.8. The molecule has 1 aromatic heterocycles. The first kappa shape index (κ1) is 28.0. The second kappa shape index (κ2) is 11.4. The number of benzene rings is 1. The fraction of sp³-hybridized carbons (Fsp3) is 0.435. The molecule has 2 aromatic rings. The summed E-state index contributed by atoms with van der Waals surface area (Å²) in [5.41, 5.74) is -0.320. The van der Waals surface area contributed by atoms with Gasteiger partial charge in [-0.3, -0.25) is 18.4 Å². The van der Waals surface area contributed by atoms with Crippen molar-refractivity contribution in [2.45, 2.75) is 48.0 Å². The molecule has 0 N–H and O–H groups in total. The van der Waals surface area contributed by atoms with Gasteiger partial charge in [0.25, 0.3) is 0 Å². The Kier molecular flexibility index (Phi) is 10.7. The first-order chi connectivity index (χ1) is 13.3. The van der Waals surface area contributed by atoms with E-state index in [1.807, 2.05) is 41.5 Å². The number of halogens is 2. The molecule has 0 aliphatic heterocycles. The average Bonchev–Trinajstić information content (AvgIpc) is 2.60. The van der Waals surface area contributed by atoms with Crippen molar-refractivity contribution in [3.8, 4) is 17.0 Å². The molecule has 30 heavy (non-hydrogen) atoms. The molecule has 0 aliphatic rings. The van der Waals surface area contributed by atoms with Gasteiger partial charge in [-0.2, -0.15) is 0 Å². The van der Waals surface area contributed by atoms with E-state index in [1.165, 1.54) is 13.3 Å². The largest absolute Gasteiger partial charge is 0.497 e. The van der Waals surface area contributed by atoms with E-state index in [-0.39, 0.29) is 43.7 Å². The molecule has 1 radical (unpaired) electrons. The van der Waals surface area contributed by atoms with E-state index in [9.17, 15) is 18.4 Å². The van der Waals surface area contributed by atoms with Crippen molar-refractivity contribution in [2.24, 2.45) is 10.8 Å². The number of Topliss-reactive ketones (excluding diaryl/α,β-unsaturated/α-hetero) is 2. The van der Waals surface area contributed by atoms with Gasteiger partial charge in [-0.25, -0.2) is 0 Å². The number of ketones is 2. The summed E-state index contributed by atoms with van der Waals surface area (Å²) in [6.07, 6.45) is 1.55. The number of hydrogen-bond acceptors (Lipinski definition) is 4. The normalized spacial score (nSPS) is 11.0. The second-order valence-electron chi connectivity index (χ2n) is 8.64. The molecule has 0 saturated heterocycles. The summed E-state index contributed by atoms with van der Waals surface area (Å²) in [6, 6.07) is 7.58. The number of rotatable bonds is 4.